The smallest absolute Gasteiger partial charge is 0.331 e. The van der Waals surface area contributed by atoms with Crippen molar-refractivity contribution in [3.05, 3.63) is 59.4 Å². The molecule has 162 valence electrons. The van der Waals surface area contributed by atoms with Gasteiger partial charge in [0, 0.05) is 35.7 Å². The van der Waals surface area contributed by atoms with Crippen molar-refractivity contribution in [3.63, 3.8) is 0 Å². The lowest BCUT2D eigenvalue weighted by Gasteiger charge is -2.09. The minimum absolute atomic E-state index is 0.0520. The monoisotopic (exact) mass is 430 g/mol. The number of nitrogens with one attached hydrogen (secondary N) is 2. The molecular weight excluding hydrogens is 408 g/mol. The highest BCUT2D eigenvalue weighted by Gasteiger charge is 2.44. The number of nitrogens with zero attached hydrogens (tertiary/aromatic N) is 4. The van der Waals surface area contributed by atoms with Crippen LogP contribution < -0.4 is 15.4 Å². The van der Waals surface area contributed by atoms with Crippen molar-refractivity contribution in [1.29, 1.82) is 0 Å². The Kier molecular flexibility index (Phi) is 4.09. The molecule has 0 atom stereocenters. The molecule has 1 aliphatic heterocycles. The second-order valence-electron chi connectivity index (χ2n) is 8.69. The van der Waals surface area contributed by atoms with E-state index in [1.165, 1.54) is 6.33 Å². The molecule has 4 aromatic rings. The fraction of sp³-hybridized carbons (Fsp3) is 0.304. The van der Waals surface area contributed by atoms with E-state index < -0.39 is 0 Å². The average molecular weight is 430 g/mol. The van der Waals surface area contributed by atoms with Crippen LogP contribution in [0.5, 0.6) is 11.6 Å². The van der Waals surface area contributed by atoms with Crippen molar-refractivity contribution in [2.75, 3.05) is 5.32 Å². The van der Waals surface area contributed by atoms with Gasteiger partial charge in [-0.2, -0.15) is 0 Å². The SMILES string of the molecule is Cc1c(NC(=O)n2ccc3cc(Oc4ncnc5c4CNC5)ccc32)noc1C1(C)CC1. The van der Waals surface area contributed by atoms with E-state index in [-0.39, 0.29) is 11.4 Å². The maximum absolute atomic E-state index is 12.9. The Hall–Kier alpha value is -3.72. The van der Waals surface area contributed by atoms with Crippen LogP contribution in [0.3, 0.4) is 0 Å². The number of hydrogen-bond donors (Lipinski definition) is 2. The van der Waals surface area contributed by atoms with Gasteiger partial charge in [0.1, 0.15) is 17.8 Å². The van der Waals surface area contributed by atoms with Gasteiger partial charge in [-0.05, 0) is 44.0 Å². The van der Waals surface area contributed by atoms with Crippen molar-refractivity contribution in [3.8, 4) is 11.6 Å². The lowest BCUT2D eigenvalue weighted by Crippen LogP contribution is -2.19. The Labute approximate surface area is 183 Å². The zero-order chi connectivity index (χ0) is 21.9. The maximum atomic E-state index is 12.9. The Morgan fingerprint density at radius 2 is 2.12 bits per heavy atom. The average Bonchev–Trinajstić information content (AvgIpc) is 3.17. The first-order valence-electron chi connectivity index (χ1n) is 10.6. The summed E-state index contributed by atoms with van der Waals surface area (Å²) in [5, 5.41) is 11.1. The van der Waals surface area contributed by atoms with Crippen molar-refractivity contribution >= 4 is 22.8 Å². The van der Waals surface area contributed by atoms with Crippen LogP contribution in [-0.4, -0.2) is 25.7 Å². The van der Waals surface area contributed by atoms with E-state index in [0.29, 0.717) is 24.0 Å². The third kappa shape index (κ3) is 3.04. The van der Waals surface area contributed by atoms with Gasteiger partial charge in [-0.1, -0.05) is 12.1 Å². The van der Waals surface area contributed by atoms with Gasteiger partial charge < -0.3 is 14.6 Å². The minimum atomic E-state index is -0.294. The molecule has 0 spiro atoms. The fourth-order valence-electron chi connectivity index (χ4n) is 4.22. The van der Waals surface area contributed by atoms with Crippen LogP contribution in [0.2, 0.25) is 0 Å². The first kappa shape index (κ1) is 19.0. The quantitative estimate of drug-likeness (QED) is 0.498. The van der Waals surface area contributed by atoms with Gasteiger partial charge >= 0.3 is 6.03 Å². The molecule has 1 fully saturated rings. The van der Waals surface area contributed by atoms with E-state index in [1.54, 1.807) is 10.8 Å². The molecule has 9 nitrogen and oxygen atoms in total. The predicted molar refractivity (Wildman–Crippen MR) is 117 cm³/mol. The number of amides is 1. The zero-order valence-electron chi connectivity index (χ0n) is 17.8. The van der Waals surface area contributed by atoms with Gasteiger partial charge in [0.05, 0.1) is 16.8 Å². The summed E-state index contributed by atoms with van der Waals surface area (Å²) in [5.74, 6) is 2.53. The second kappa shape index (κ2) is 6.89. The van der Waals surface area contributed by atoms with Gasteiger partial charge in [-0.15, -0.1) is 0 Å². The zero-order valence-corrected chi connectivity index (χ0v) is 17.8. The van der Waals surface area contributed by atoms with Crippen LogP contribution in [0.15, 0.2) is 41.3 Å². The number of fused-ring (bicyclic) bond motifs is 2. The van der Waals surface area contributed by atoms with Crippen molar-refractivity contribution in [2.45, 2.75) is 45.2 Å². The number of carbonyl (C=O) groups excluding carboxylic acids is 1. The highest BCUT2D eigenvalue weighted by Crippen LogP contribution is 2.49. The summed E-state index contributed by atoms with van der Waals surface area (Å²) in [6, 6.07) is 7.16. The molecule has 2 N–H and O–H groups in total. The van der Waals surface area contributed by atoms with Crippen LogP contribution in [0, 0.1) is 6.92 Å². The highest BCUT2D eigenvalue weighted by atomic mass is 16.5. The standard InChI is InChI=1S/C23H22N6O3/c1-13-19(23(2)6-7-23)32-28-20(13)27-22(30)29-8-5-14-9-15(3-4-18(14)29)31-21-16-10-24-11-17(16)25-12-26-21/h3-5,8-9,12,24H,6-7,10-11H2,1-2H3,(H,27,28,30). The van der Waals surface area contributed by atoms with E-state index in [4.69, 9.17) is 9.26 Å². The second-order valence-corrected chi connectivity index (χ2v) is 8.69. The fourth-order valence-corrected chi connectivity index (χ4v) is 4.22. The molecule has 1 aliphatic carbocycles. The highest BCUT2D eigenvalue weighted by molar-refractivity contribution is 5.98. The molecular formula is C23H22N6O3. The lowest BCUT2D eigenvalue weighted by atomic mass is 10.0. The minimum Gasteiger partial charge on any atom is -0.439 e. The Bertz CT molecular complexity index is 1370. The van der Waals surface area contributed by atoms with E-state index >= 15 is 0 Å². The predicted octanol–water partition coefficient (Wildman–Crippen LogP) is 4.25. The summed E-state index contributed by atoms with van der Waals surface area (Å²) >= 11 is 0. The Morgan fingerprint density at radius 3 is 2.97 bits per heavy atom. The van der Waals surface area contributed by atoms with Gasteiger partial charge in [0.15, 0.2) is 5.82 Å². The van der Waals surface area contributed by atoms with Crippen molar-refractivity contribution < 1.29 is 14.1 Å². The normalized spacial score (nSPS) is 16.2. The molecule has 9 heteroatoms. The first-order valence-corrected chi connectivity index (χ1v) is 10.6. The van der Waals surface area contributed by atoms with Crippen LogP contribution >= 0.6 is 0 Å². The number of anilines is 1. The van der Waals surface area contributed by atoms with Crippen LogP contribution in [-0.2, 0) is 18.5 Å². The molecule has 0 radical (unpaired) electrons. The molecule has 0 bridgehead atoms. The number of benzene rings is 1. The number of aromatic nitrogens is 4. The number of hydrogen-bond acceptors (Lipinski definition) is 7. The van der Waals surface area contributed by atoms with Crippen LogP contribution in [0.25, 0.3) is 10.9 Å². The van der Waals surface area contributed by atoms with E-state index in [2.05, 4.69) is 32.7 Å². The number of ether oxygens (including phenoxy) is 1. The van der Waals surface area contributed by atoms with E-state index in [1.807, 2.05) is 31.2 Å². The summed E-state index contributed by atoms with van der Waals surface area (Å²) < 4.78 is 13.1. The summed E-state index contributed by atoms with van der Waals surface area (Å²) in [5.41, 5.74) is 3.64. The maximum Gasteiger partial charge on any atom is 0.331 e. The molecule has 1 amide bonds. The molecule has 2 aliphatic rings. The molecule has 1 saturated carbocycles. The topological polar surface area (TPSA) is 107 Å². The Morgan fingerprint density at radius 1 is 1.25 bits per heavy atom. The molecule has 3 aromatic heterocycles. The molecule has 0 unspecified atom stereocenters. The molecule has 1 aromatic carbocycles. The number of rotatable bonds is 4. The molecule has 4 heterocycles. The largest absolute Gasteiger partial charge is 0.439 e. The van der Waals surface area contributed by atoms with Crippen molar-refractivity contribution in [2.24, 2.45) is 0 Å². The van der Waals surface area contributed by atoms with Gasteiger partial charge in [0.25, 0.3) is 0 Å². The first-order chi connectivity index (χ1) is 15.5. The van der Waals surface area contributed by atoms with Crippen LogP contribution in [0.1, 0.15) is 42.3 Å². The summed E-state index contributed by atoms with van der Waals surface area (Å²) in [7, 11) is 0. The van der Waals surface area contributed by atoms with Gasteiger partial charge in [-0.25, -0.2) is 14.8 Å². The van der Waals surface area contributed by atoms with Gasteiger partial charge in [0.2, 0.25) is 5.88 Å². The number of carbonyl (C=O) groups is 1. The van der Waals surface area contributed by atoms with Gasteiger partial charge in [-0.3, -0.25) is 9.88 Å². The van der Waals surface area contributed by atoms with Crippen LogP contribution in [0.4, 0.5) is 10.6 Å². The Balaban J connectivity index is 1.24. The summed E-state index contributed by atoms with van der Waals surface area (Å²) in [6.45, 7) is 5.49. The molecule has 32 heavy (non-hydrogen) atoms. The third-order valence-corrected chi connectivity index (χ3v) is 6.38. The van der Waals surface area contributed by atoms with E-state index in [0.717, 1.165) is 52.9 Å². The summed E-state index contributed by atoms with van der Waals surface area (Å²) in [4.78, 5) is 21.5. The molecule has 0 saturated heterocycles. The molecule has 6 rings (SSSR count). The third-order valence-electron chi connectivity index (χ3n) is 6.38. The van der Waals surface area contributed by atoms with E-state index in [9.17, 15) is 4.79 Å². The lowest BCUT2D eigenvalue weighted by molar-refractivity contribution is 0.254. The summed E-state index contributed by atoms with van der Waals surface area (Å²) in [6.07, 6.45) is 5.41. The van der Waals surface area contributed by atoms with Crippen molar-refractivity contribution in [1.82, 2.24) is 25.0 Å².